The average Bonchev–Trinajstić information content (AvgIpc) is 3.27. The highest BCUT2D eigenvalue weighted by atomic mass is 32.1. The Kier molecular flexibility index (Phi) is 4.66. The van der Waals surface area contributed by atoms with E-state index >= 15 is 0 Å². The second-order valence-electron chi connectivity index (χ2n) is 4.91. The highest BCUT2D eigenvalue weighted by molar-refractivity contribution is 7.09. The zero-order valence-electron chi connectivity index (χ0n) is 12.5. The van der Waals surface area contributed by atoms with Gasteiger partial charge < -0.3 is 9.73 Å². The molecule has 0 saturated carbocycles. The van der Waals surface area contributed by atoms with Gasteiger partial charge in [0.05, 0.1) is 21.9 Å². The lowest BCUT2D eigenvalue weighted by atomic mass is 10.1. The molecule has 1 N–H and O–H groups in total. The van der Waals surface area contributed by atoms with Gasteiger partial charge in [-0.15, -0.1) is 11.3 Å². The van der Waals surface area contributed by atoms with Gasteiger partial charge in [0.25, 0.3) is 11.6 Å². The van der Waals surface area contributed by atoms with Crippen LogP contribution in [0.2, 0.25) is 0 Å². The Bertz CT molecular complexity index is 841. The molecular weight excluding hydrogens is 330 g/mol. The predicted octanol–water partition coefficient (Wildman–Crippen LogP) is 3.28. The number of furan rings is 1. The number of carbonyl (C=O) groups is 1. The second-order valence-corrected chi connectivity index (χ2v) is 5.86. The van der Waals surface area contributed by atoms with Gasteiger partial charge in [0.2, 0.25) is 0 Å². The number of thiazole rings is 1. The van der Waals surface area contributed by atoms with Crippen LogP contribution in [0.1, 0.15) is 15.6 Å². The van der Waals surface area contributed by atoms with Gasteiger partial charge >= 0.3 is 0 Å². The first-order valence-corrected chi connectivity index (χ1v) is 8.02. The van der Waals surface area contributed by atoms with Crippen LogP contribution in [0.4, 0.5) is 5.69 Å². The first-order valence-electron chi connectivity index (χ1n) is 7.14. The molecule has 1 aromatic carbocycles. The maximum atomic E-state index is 11.7. The molecule has 0 aliphatic carbocycles. The number of amides is 1. The van der Waals surface area contributed by atoms with E-state index in [9.17, 15) is 14.9 Å². The van der Waals surface area contributed by atoms with Crippen molar-refractivity contribution in [3.8, 4) is 11.3 Å². The minimum Gasteiger partial charge on any atom is -0.459 e. The van der Waals surface area contributed by atoms with Crippen LogP contribution >= 0.6 is 11.3 Å². The number of rotatable bonds is 6. The molecule has 0 aliphatic rings. The van der Waals surface area contributed by atoms with E-state index in [1.807, 2.05) is 5.38 Å². The van der Waals surface area contributed by atoms with E-state index in [1.54, 1.807) is 24.3 Å². The van der Waals surface area contributed by atoms with E-state index in [-0.39, 0.29) is 17.4 Å². The molecule has 3 aromatic rings. The largest absolute Gasteiger partial charge is 0.459 e. The third kappa shape index (κ3) is 3.66. The molecule has 1 amide bonds. The molecule has 0 bridgehead atoms. The van der Waals surface area contributed by atoms with Gasteiger partial charge in [0.1, 0.15) is 0 Å². The lowest BCUT2D eigenvalue weighted by Gasteiger charge is -2.01. The minimum absolute atomic E-state index is 0.0508. The summed E-state index contributed by atoms with van der Waals surface area (Å²) in [5.41, 5.74) is 1.64. The molecule has 2 aromatic heterocycles. The molecule has 0 atom stereocenters. The Morgan fingerprint density at radius 2 is 2.08 bits per heavy atom. The quantitative estimate of drug-likeness (QED) is 0.547. The molecule has 0 aliphatic heterocycles. The standard InChI is InChI=1S/C16H13N3O4S/c20-16(14-2-1-9-23-14)17-8-7-15-18-13(10-24-15)11-3-5-12(6-4-11)19(21)22/h1-6,9-10H,7-8H2,(H,17,20). The maximum Gasteiger partial charge on any atom is 0.286 e. The van der Waals surface area contributed by atoms with Crippen molar-refractivity contribution < 1.29 is 14.1 Å². The number of carbonyl (C=O) groups excluding carboxylic acids is 1. The van der Waals surface area contributed by atoms with E-state index in [2.05, 4.69) is 10.3 Å². The number of nitrogens with zero attached hydrogens (tertiary/aromatic N) is 2. The zero-order valence-corrected chi connectivity index (χ0v) is 13.3. The summed E-state index contributed by atoms with van der Waals surface area (Å²) < 4.78 is 5.01. The molecule has 7 nitrogen and oxygen atoms in total. The van der Waals surface area contributed by atoms with Crippen molar-refractivity contribution in [3.63, 3.8) is 0 Å². The number of hydrogen-bond donors (Lipinski definition) is 1. The van der Waals surface area contributed by atoms with Crippen LogP contribution in [0.5, 0.6) is 0 Å². The molecule has 0 spiro atoms. The average molecular weight is 343 g/mol. The second kappa shape index (κ2) is 7.05. The van der Waals surface area contributed by atoms with E-state index in [0.29, 0.717) is 13.0 Å². The van der Waals surface area contributed by atoms with Crippen molar-refractivity contribution in [2.24, 2.45) is 0 Å². The molecule has 0 radical (unpaired) electrons. The fourth-order valence-corrected chi connectivity index (χ4v) is 2.90. The predicted molar refractivity (Wildman–Crippen MR) is 88.9 cm³/mol. The zero-order chi connectivity index (χ0) is 16.9. The van der Waals surface area contributed by atoms with Crippen molar-refractivity contribution in [1.82, 2.24) is 10.3 Å². The van der Waals surface area contributed by atoms with Gasteiger partial charge in [-0.3, -0.25) is 14.9 Å². The first kappa shape index (κ1) is 15.9. The van der Waals surface area contributed by atoms with Crippen molar-refractivity contribution in [1.29, 1.82) is 0 Å². The molecule has 122 valence electrons. The molecular formula is C16H13N3O4S. The molecule has 0 saturated heterocycles. The molecule has 24 heavy (non-hydrogen) atoms. The number of aromatic nitrogens is 1. The van der Waals surface area contributed by atoms with Gasteiger partial charge in [-0.05, 0) is 24.3 Å². The topological polar surface area (TPSA) is 98.3 Å². The van der Waals surface area contributed by atoms with Crippen LogP contribution in [0, 0.1) is 10.1 Å². The maximum absolute atomic E-state index is 11.7. The Balaban J connectivity index is 1.57. The summed E-state index contributed by atoms with van der Waals surface area (Å²) in [6.45, 7) is 0.451. The number of non-ortho nitro benzene ring substituents is 1. The summed E-state index contributed by atoms with van der Waals surface area (Å²) in [4.78, 5) is 26.5. The van der Waals surface area contributed by atoms with Gasteiger partial charge in [0.15, 0.2) is 5.76 Å². The molecule has 2 heterocycles. The van der Waals surface area contributed by atoms with E-state index in [4.69, 9.17) is 4.42 Å². The number of nitro benzene ring substituents is 1. The Morgan fingerprint density at radius 1 is 1.29 bits per heavy atom. The lowest BCUT2D eigenvalue weighted by Crippen LogP contribution is -2.25. The summed E-state index contributed by atoms with van der Waals surface area (Å²) in [6.07, 6.45) is 2.05. The molecule has 3 rings (SSSR count). The van der Waals surface area contributed by atoms with E-state index in [0.717, 1.165) is 16.3 Å². The summed E-state index contributed by atoms with van der Waals surface area (Å²) in [5.74, 6) is 0.0212. The lowest BCUT2D eigenvalue weighted by molar-refractivity contribution is -0.384. The van der Waals surface area contributed by atoms with Crippen LogP contribution in [0.25, 0.3) is 11.3 Å². The van der Waals surface area contributed by atoms with Gasteiger partial charge in [-0.1, -0.05) is 0 Å². The molecule has 0 fully saturated rings. The van der Waals surface area contributed by atoms with Crippen LogP contribution < -0.4 is 5.32 Å². The summed E-state index contributed by atoms with van der Waals surface area (Å²) in [6, 6.07) is 9.53. The number of nitro groups is 1. The molecule has 8 heteroatoms. The Morgan fingerprint density at radius 3 is 2.75 bits per heavy atom. The van der Waals surface area contributed by atoms with Crippen molar-refractivity contribution in [2.45, 2.75) is 6.42 Å². The van der Waals surface area contributed by atoms with Crippen molar-refractivity contribution in [3.05, 3.63) is 68.9 Å². The summed E-state index contributed by atoms with van der Waals surface area (Å²) in [7, 11) is 0. The SMILES string of the molecule is O=C(NCCc1nc(-c2ccc([N+](=O)[O-])cc2)cs1)c1ccco1. The number of hydrogen-bond acceptors (Lipinski definition) is 6. The minimum atomic E-state index is -0.433. The van der Waals surface area contributed by atoms with Crippen LogP contribution in [-0.2, 0) is 6.42 Å². The molecule has 0 unspecified atom stereocenters. The third-order valence-electron chi connectivity index (χ3n) is 3.30. The normalized spacial score (nSPS) is 10.5. The summed E-state index contributed by atoms with van der Waals surface area (Å²) >= 11 is 1.48. The first-order chi connectivity index (χ1) is 11.6. The highest BCUT2D eigenvalue weighted by Gasteiger charge is 2.10. The number of benzene rings is 1. The van der Waals surface area contributed by atoms with Crippen molar-refractivity contribution in [2.75, 3.05) is 6.54 Å². The van der Waals surface area contributed by atoms with Gasteiger partial charge in [-0.25, -0.2) is 4.98 Å². The third-order valence-corrected chi connectivity index (χ3v) is 4.20. The fraction of sp³-hybridized carbons (Fsp3) is 0.125. The van der Waals surface area contributed by atoms with Gasteiger partial charge in [0, 0.05) is 36.0 Å². The van der Waals surface area contributed by atoms with Crippen LogP contribution in [0.15, 0.2) is 52.5 Å². The smallest absolute Gasteiger partial charge is 0.286 e. The van der Waals surface area contributed by atoms with Crippen LogP contribution in [0.3, 0.4) is 0 Å². The van der Waals surface area contributed by atoms with Crippen LogP contribution in [-0.4, -0.2) is 22.4 Å². The highest BCUT2D eigenvalue weighted by Crippen LogP contribution is 2.24. The van der Waals surface area contributed by atoms with Crippen molar-refractivity contribution >= 4 is 22.9 Å². The fourth-order valence-electron chi connectivity index (χ4n) is 2.09. The van der Waals surface area contributed by atoms with Gasteiger partial charge in [-0.2, -0.15) is 0 Å². The monoisotopic (exact) mass is 343 g/mol. The Hall–Kier alpha value is -3.00. The van der Waals surface area contributed by atoms with E-state index < -0.39 is 4.92 Å². The van der Waals surface area contributed by atoms with E-state index in [1.165, 1.54) is 29.7 Å². The summed E-state index contributed by atoms with van der Waals surface area (Å²) in [5, 5.41) is 16.2. The number of nitrogens with one attached hydrogen (secondary N) is 1. The Labute approximate surface area is 141 Å².